The molecule has 0 aliphatic carbocycles. The van der Waals surface area contributed by atoms with Crippen LogP contribution in [-0.2, 0) is 29.0 Å². The van der Waals surface area contributed by atoms with Crippen molar-refractivity contribution in [3.63, 3.8) is 0 Å². The number of likely N-dealkylation sites (tertiary alicyclic amines) is 1. The smallest absolute Gasteiger partial charge is 0.491 e. The monoisotopic (exact) mass is 716 g/mol. The molecule has 1 aliphatic heterocycles. The Morgan fingerprint density at radius 3 is 2.50 bits per heavy atom. The van der Waals surface area contributed by atoms with E-state index >= 15 is 0 Å². The molecule has 0 spiro atoms. The van der Waals surface area contributed by atoms with Crippen molar-refractivity contribution in [3.05, 3.63) is 89.9 Å². The Kier molecular flexibility index (Phi) is 10.3. The minimum Gasteiger partial charge on any atom is -0.491 e. The third kappa shape index (κ3) is 7.34. The molecule has 50 heavy (non-hydrogen) atoms. The Morgan fingerprint density at radius 1 is 1.06 bits per heavy atom. The predicted octanol–water partition coefficient (Wildman–Crippen LogP) is 5.52. The van der Waals surface area contributed by atoms with Crippen LogP contribution in [0.4, 0.5) is 29.1 Å². The average molecular weight is 717 g/mol. The molecule has 1 amide bonds. The molecule has 0 radical (unpaired) electrons. The van der Waals surface area contributed by atoms with Crippen LogP contribution in [0.25, 0.3) is 10.8 Å². The summed E-state index contributed by atoms with van der Waals surface area (Å²) in [5, 5.41) is 4.42. The number of alkyl halides is 3. The van der Waals surface area contributed by atoms with Crippen molar-refractivity contribution in [1.82, 2.24) is 9.88 Å². The van der Waals surface area contributed by atoms with Gasteiger partial charge in [0.1, 0.15) is 11.9 Å². The SMILES string of the molecule is CCOc1cc([C@@H](Nc2ccc3c(N)nccc3c2)C(=O)N2CCC(C(=O)OC(=O)C(F)(F)F)C2c2ccccc2S(=O)(=O)CC)ccc1F. The number of hydrogen-bond acceptors (Lipinski definition) is 10. The lowest BCUT2D eigenvalue weighted by Gasteiger charge is -2.33. The van der Waals surface area contributed by atoms with E-state index in [1.165, 1.54) is 49.5 Å². The summed E-state index contributed by atoms with van der Waals surface area (Å²) in [6, 6.07) is 13.1. The minimum absolute atomic E-state index is 0.0526. The summed E-state index contributed by atoms with van der Waals surface area (Å²) in [7, 11) is -4.00. The van der Waals surface area contributed by atoms with Gasteiger partial charge in [0.15, 0.2) is 21.4 Å². The maximum Gasteiger partial charge on any atom is 0.491 e. The first-order chi connectivity index (χ1) is 23.7. The summed E-state index contributed by atoms with van der Waals surface area (Å²) < 4.78 is 90.0. The molecule has 5 rings (SSSR count). The van der Waals surface area contributed by atoms with Crippen LogP contribution in [0.3, 0.4) is 0 Å². The van der Waals surface area contributed by atoms with Gasteiger partial charge >= 0.3 is 18.1 Å². The Hall–Kier alpha value is -5.25. The molecule has 1 aliphatic rings. The van der Waals surface area contributed by atoms with Crippen molar-refractivity contribution in [1.29, 1.82) is 0 Å². The van der Waals surface area contributed by atoms with E-state index in [4.69, 9.17) is 10.5 Å². The van der Waals surface area contributed by atoms with Crippen LogP contribution in [0.2, 0.25) is 0 Å². The summed E-state index contributed by atoms with van der Waals surface area (Å²) >= 11 is 0. The van der Waals surface area contributed by atoms with Crippen LogP contribution in [0, 0.1) is 11.7 Å². The van der Waals surface area contributed by atoms with E-state index in [0.29, 0.717) is 16.5 Å². The summed E-state index contributed by atoms with van der Waals surface area (Å²) in [6.45, 7) is 2.88. The van der Waals surface area contributed by atoms with Gasteiger partial charge in [-0.05, 0) is 72.3 Å². The van der Waals surface area contributed by atoms with Gasteiger partial charge in [0.05, 0.1) is 29.2 Å². The van der Waals surface area contributed by atoms with Gasteiger partial charge < -0.3 is 25.4 Å². The number of benzene rings is 3. The molecule has 3 N–H and O–H groups in total. The quantitative estimate of drug-likeness (QED) is 0.122. The number of nitrogens with zero attached hydrogens (tertiary/aromatic N) is 2. The van der Waals surface area contributed by atoms with Gasteiger partial charge in [0, 0.05) is 23.8 Å². The minimum atomic E-state index is -5.49. The number of nitrogen functional groups attached to an aromatic ring is 1. The number of rotatable bonds is 10. The Balaban J connectivity index is 1.64. The number of nitrogens with two attached hydrogens (primary N) is 1. The van der Waals surface area contributed by atoms with E-state index < -0.39 is 57.7 Å². The van der Waals surface area contributed by atoms with Gasteiger partial charge in [-0.2, -0.15) is 13.2 Å². The first kappa shape index (κ1) is 36.0. The number of carbonyl (C=O) groups is 3. The topological polar surface area (TPSA) is 158 Å². The maximum atomic E-state index is 14.7. The summed E-state index contributed by atoms with van der Waals surface area (Å²) in [4.78, 5) is 44.6. The number of fused-ring (bicyclic) bond motifs is 1. The van der Waals surface area contributed by atoms with Crippen LogP contribution >= 0.6 is 0 Å². The highest BCUT2D eigenvalue weighted by molar-refractivity contribution is 7.91. The Morgan fingerprint density at radius 2 is 1.80 bits per heavy atom. The molecule has 1 fully saturated rings. The molecule has 4 aromatic rings. The van der Waals surface area contributed by atoms with Crippen molar-refractivity contribution in [2.75, 3.05) is 30.0 Å². The van der Waals surface area contributed by atoms with Gasteiger partial charge in [-0.25, -0.2) is 22.6 Å². The zero-order chi connectivity index (χ0) is 36.4. The number of sulfone groups is 1. The fraction of sp³-hybridized carbons (Fsp3) is 0.294. The maximum absolute atomic E-state index is 14.7. The van der Waals surface area contributed by atoms with E-state index in [2.05, 4.69) is 15.0 Å². The second-order valence-electron chi connectivity index (χ2n) is 11.4. The second-order valence-corrected chi connectivity index (χ2v) is 13.6. The molecule has 1 saturated heterocycles. The molecule has 3 aromatic carbocycles. The van der Waals surface area contributed by atoms with Crippen molar-refractivity contribution < 1.29 is 49.8 Å². The first-order valence-corrected chi connectivity index (χ1v) is 17.1. The van der Waals surface area contributed by atoms with E-state index in [9.17, 15) is 40.4 Å². The molecule has 0 bridgehead atoms. The Bertz CT molecular complexity index is 2060. The van der Waals surface area contributed by atoms with Crippen LogP contribution in [-0.4, -0.2) is 61.2 Å². The standard InChI is InChI=1S/C34H32F4N4O7S/c1-3-48-26-18-20(9-12-25(26)35)28(41-21-10-11-22-19(17-21)13-15-40-30(22)39)31(43)42-16-14-24(32(44)49-33(45)34(36,37)38)29(42)23-7-5-6-8-27(23)50(46,47)4-2/h5-13,15,17-18,24,28-29,41H,3-4,14,16H2,1-2H3,(H2,39,40)/t24?,28-,29?/m1/s1. The summed E-state index contributed by atoms with van der Waals surface area (Å²) in [5.41, 5.74) is 6.56. The molecule has 1 aromatic heterocycles. The average Bonchev–Trinajstić information content (AvgIpc) is 3.53. The third-order valence-corrected chi connectivity index (χ3v) is 10.1. The van der Waals surface area contributed by atoms with Crippen molar-refractivity contribution >= 4 is 50.0 Å². The highest BCUT2D eigenvalue weighted by atomic mass is 32.2. The Labute approximate surface area is 284 Å². The third-order valence-electron chi connectivity index (χ3n) is 8.30. The van der Waals surface area contributed by atoms with Crippen LogP contribution < -0.4 is 15.8 Å². The van der Waals surface area contributed by atoms with Crippen molar-refractivity contribution in [3.8, 4) is 5.75 Å². The molecule has 11 nitrogen and oxygen atoms in total. The van der Waals surface area contributed by atoms with Gasteiger partial charge in [0.25, 0.3) is 0 Å². The number of nitrogens with one attached hydrogen (secondary N) is 1. The van der Waals surface area contributed by atoms with Crippen LogP contribution in [0.15, 0.2) is 77.8 Å². The van der Waals surface area contributed by atoms with Gasteiger partial charge in [-0.15, -0.1) is 0 Å². The van der Waals surface area contributed by atoms with Gasteiger partial charge in [0.2, 0.25) is 5.91 Å². The molecule has 264 valence electrons. The summed E-state index contributed by atoms with van der Waals surface area (Å²) in [5.74, 6) is -7.61. The number of pyridine rings is 1. The van der Waals surface area contributed by atoms with E-state index in [0.717, 1.165) is 11.0 Å². The van der Waals surface area contributed by atoms with Crippen molar-refractivity contribution in [2.45, 2.75) is 43.4 Å². The number of aromatic nitrogens is 1. The number of halogens is 4. The van der Waals surface area contributed by atoms with E-state index in [1.807, 2.05) is 0 Å². The normalized spacial score (nSPS) is 17.0. The molecule has 0 saturated carbocycles. The zero-order valence-corrected chi connectivity index (χ0v) is 27.6. The van der Waals surface area contributed by atoms with Crippen LogP contribution in [0.1, 0.15) is 43.5 Å². The van der Waals surface area contributed by atoms with Gasteiger partial charge in [-0.3, -0.25) is 9.59 Å². The molecule has 2 heterocycles. The largest absolute Gasteiger partial charge is 0.491 e. The molecule has 3 atom stereocenters. The fourth-order valence-electron chi connectivity index (χ4n) is 5.94. The lowest BCUT2D eigenvalue weighted by molar-refractivity contribution is -0.203. The van der Waals surface area contributed by atoms with Gasteiger partial charge in [-0.1, -0.05) is 31.2 Å². The van der Waals surface area contributed by atoms with Crippen molar-refractivity contribution in [2.24, 2.45) is 5.92 Å². The number of anilines is 2. The molecule has 16 heteroatoms. The predicted molar refractivity (Wildman–Crippen MR) is 174 cm³/mol. The molecular weight excluding hydrogens is 684 g/mol. The molecule has 2 unspecified atom stereocenters. The number of amides is 1. The lowest BCUT2D eigenvalue weighted by Crippen LogP contribution is -2.40. The lowest BCUT2D eigenvalue weighted by atomic mass is 9.93. The van der Waals surface area contributed by atoms with Crippen LogP contribution in [0.5, 0.6) is 5.75 Å². The number of hydrogen-bond donors (Lipinski definition) is 2. The zero-order valence-electron chi connectivity index (χ0n) is 26.7. The molecular formula is C34H32F4N4O7S. The number of carbonyl (C=O) groups excluding carboxylic acids is 3. The van der Waals surface area contributed by atoms with E-state index in [1.54, 1.807) is 31.2 Å². The van der Waals surface area contributed by atoms with E-state index in [-0.39, 0.29) is 52.9 Å². The number of esters is 2. The summed E-state index contributed by atoms with van der Waals surface area (Å²) in [6.07, 6.45) is -4.26. The highest BCUT2D eigenvalue weighted by Crippen LogP contribution is 2.43. The number of ether oxygens (including phenoxy) is 2. The fourth-order valence-corrected chi connectivity index (χ4v) is 7.08. The highest BCUT2D eigenvalue weighted by Gasteiger charge is 2.49. The first-order valence-electron chi connectivity index (χ1n) is 15.4. The second kappa shape index (κ2) is 14.3.